The van der Waals surface area contributed by atoms with Crippen molar-refractivity contribution in [3.63, 3.8) is 0 Å². The maximum Gasteiger partial charge on any atom is 0.0281 e. The molecule has 16 heavy (non-hydrogen) atoms. The SMILES string of the molecule is NC[C@H](CS)NC[C@H](CS)NC[C@@H](N)CS. The molecule has 3 atom stereocenters. The smallest absolute Gasteiger partial charge is 0.0281 e. The van der Waals surface area contributed by atoms with Gasteiger partial charge in [0.1, 0.15) is 0 Å². The van der Waals surface area contributed by atoms with E-state index in [9.17, 15) is 0 Å². The van der Waals surface area contributed by atoms with Crippen molar-refractivity contribution in [1.82, 2.24) is 10.6 Å². The van der Waals surface area contributed by atoms with Crippen LogP contribution in [-0.2, 0) is 0 Å². The molecule has 4 nitrogen and oxygen atoms in total. The van der Waals surface area contributed by atoms with Gasteiger partial charge >= 0.3 is 0 Å². The van der Waals surface area contributed by atoms with E-state index in [2.05, 4.69) is 48.5 Å². The lowest BCUT2D eigenvalue weighted by atomic mass is 10.2. The Bertz CT molecular complexity index is 158. The number of hydrogen-bond donors (Lipinski definition) is 7. The van der Waals surface area contributed by atoms with Crippen molar-refractivity contribution in [1.29, 1.82) is 0 Å². The summed E-state index contributed by atoms with van der Waals surface area (Å²) in [5.74, 6) is 2.18. The summed E-state index contributed by atoms with van der Waals surface area (Å²) in [6.07, 6.45) is 0. The van der Waals surface area contributed by atoms with Crippen LogP contribution in [0.2, 0.25) is 0 Å². The fourth-order valence-corrected chi connectivity index (χ4v) is 1.78. The molecule has 0 bridgehead atoms. The predicted molar refractivity (Wildman–Crippen MR) is 82.2 cm³/mol. The Morgan fingerprint density at radius 2 is 1.44 bits per heavy atom. The van der Waals surface area contributed by atoms with Crippen molar-refractivity contribution in [2.24, 2.45) is 11.5 Å². The van der Waals surface area contributed by atoms with Gasteiger partial charge in [-0.05, 0) is 0 Å². The van der Waals surface area contributed by atoms with E-state index in [0.717, 1.165) is 24.6 Å². The fourth-order valence-electron chi connectivity index (χ4n) is 1.12. The molecule has 98 valence electrons. The highest BCUT2D eigenvalue weighted by atomic mass is 32.1. The maximum atomic E-state index is 5.77. The number of rotatable bonds is 10. The molecule has 0 aliphatic carbocycles. The van der Waals surface area contributed by atoms with Gasteiger partial charge in [-0.1, -0.05) is 0 Å². The molecule has 0 aliphatic heterocycles. The lowest BCUT2D eigenvalue weighted by Crippen LogP contribution is -2.49. The molecule has 0 aliphatic rings. The van der Waals surface area contributed by atoms with Gasteiger partial charge in [0.25, 0.3) is 0 Å². The molecule has 0 amide bonds. The number of hydrogen-bond acceptors (Lipinski definition) is 7. The van der Waals surface area contributed by atoms with Crippen LogP contribution in [0.5, 0.6) is 0 Å². The van der Waals surface area contributed by atoms with Gasteiger partial charge in [-0.25, -0.2) is 0 Å². The molecular weight excluding hydrogens is 260 g/mol. The van der Waals surface area contributed by atoms with Gasteiger partial charge in [0.2, 0.25) is 0 Å². The molecule has 0 aromatic rings. The van der Waals surface area contributed by atoms with Crippen LogP contribution in [0.1, 0.15) is 0 Å². The second-order valence-electron chi connectivity index (χ2n) is 3.75. The summed E-state index contributed by atoms with van der Waals surface area (Å²) in [6, 6.07) is 0.634. The molecule has 0 radical (unpaired) electrons. The molecule has 0 heterocycles. The van der Waals surface area contributed by atoms with Crippen molar-refractivity contribution < 1.29 is 0 Å². The lowest BCUT2D eigenvalue weighted by molar-refractivity contribution is 0.462. The third-order valence-corrected chi connectivity index (χ3v) is 3.63. The van der Waals surface area contributed by atoms with Crippen LogP contribution in [0.4, 0.5) is 0 Å². The highest BCUT2D eigenvalue weighted by Gasteiger charge is 2.10. The van der Waals surface area contributed by atoms with Crippen LogP contribution in [0.3, 0.4) is 0 Å². The Labute approximate surface area is 115 Å². The second kappa shape index (κ2) is 11.0. The molecule has 0 fully saturated rings. The molecule has 7 heteroatoms. The summed E-state index contributed by atoms with van der Waals surface area (Å²) in [5.41, 5.74) is 11.3. The minimum Gasteiger partial charge on any atom is -0.329 e. The minimum atomic E-state index is 0.0842. The lowest BCUT2D eigenvalue weighted by Gasteiger charge is -2.22. The van der Waals surface area contributed by atoms with E-state index in [1.165, 1.54) is 0 Å². The summed E-state index contributed by atoms with van der Waals surface area (Å²) in [5, 5.41) is 6.68. The molecule has 0 rings (SSSR count). The van der Waals surface area contributed by atoms with Crippen LogP contribution in [0.25, 0.3) is 0 Å². The number of nitrogens with two attached hydrogens (primary N) is 2. The van der Waals surface area contributed by atoms with E-state index in [-0.39, 0.29) is 12.1 Å². The first-order chi connectivity index (χ1) is 7.67. The van der Waals surface area contributed by atoms with E-state index < -0.39 is 0 Å². The molecular formula is C9H24N4S3. The van der Waals surface area contributed by atoms with Crippen LogP contribution < -0.4 is 22.1 Å². The van der Waals surface area contributed by atoms with Crippen molar-refractivity contribution in [2.75, 3.05) is 36.9 Å². The van der Waals surface area contributed by atoms with E-state index in [4.69, 9.17) is 11.5 Å². The highest BCUT2D eigenvalue weighted by molar-refractivity contribution is 7.80. The van der Waals surface area contributed by atoms with Gasteiger partial charge in [-0.2, -0.15) is 37.9 Å². The average Bonchev–Trinajstić information content (AvgIpc) is 2.33. The summed E-state index contributed by atoms with van der Waals surface area (Å²) in [6.45, 7) is 2.18. The van der Waals surface area contributed by atoms with Crippen molar-refractivity contribution >= 4 is 37.9 Å². The van der Waals surface area contributed by atoms with Crippen molar-refractivity contribution in [2.45, 2.75) is 18.1 Å². The predicted octanol–water partition coefficient (Wildman–Crippen LogP) is -1.02. The van der Waals surface area contributed by atoms with Gasteiger partial charge in [-0.15, -0.1) is 0 Å². The Hall–Kier alpha value is 0.890. The van der Waals surface area contributed by atoms with Crippen molar-refractivity contribution in [3.8, 4) is 0 Å². The van der Waals surface area contributed by atoms with Crippen LogP contribution in [0, 0.1) is 0 Å². The van der Waals surface area contributed by atoms with E-state index in [1.54, 1.807) is 0 Å². The zero-order valence-electron chi connectivity index (χ0n) is 9.47. The van der Waals surface area contributed by atoms with Gasteiger partial charge in [-0.3, -0.25) is 0 Å². The molecule has 0 spiro atoms. The summed E-state index contributed by atoms with van der Waals surface area (Å²) < 4.78 is 0. The molecule has 0 saturated carbocycles. The average molecular weight is 285 g/mol. The maximum absolute atomic E-state index is 5.77. The van der Waals surface area contributed by atoms with E-state index in [0.29, 0.717) is 18.3 Å². The number of thiol groups is 3. The largest absolute Gasteiger partial charge is 0.329 e. The first-order valence-corrected chi connectivity index (χ1v) is 7.32. The Morgan fingerprint density at radius 1 is 0.875 bits per heavy atom. The highest BCUT2D eigenvalue weighted by Crippen LogP contribution is 1.91. The normalized spacial score (nSPS) is 17.1. The zero-order chi connectivity index (χ0) is 12.4. The fraction of sp³-hybridized carbons (Fsp3) is 1.00. The second-order valence-corrected chi connectivity index (χ2v) is 4.85. The Kier molecular flexibility index (Phi) is 11.6. The van der Waals surface area contributed by atoms with Crippen LogP contribution >= 0.6 is 37.9 Å². The molecule has 0 aromatic heterocycles. The first-order valence-electron chi connectivity index (χ1n) is 5.42. The third kappa shape index (κ3) is 8.05. The standard InChI is InChI=1S/C9H24N4S3/c10-1-8(5-15)13-3-9(6-16)12-2-7(11)4-14/h7-9,12-16H,1-6,10-11H2/t7-,8-,9-/m1/s1. The Morgan fingerprint density at radius 3 is 1.88 bits per heavy atom. The molecule has 0 aromatic carbocycles. The molecule has 6 N–H and O–H groups in total. The van der Waals surface area contributed by atoms with Crippen LogP contribution in [-0.4, -0.2) is 55.0 Å². The molecule has 0 unspecified atom stereocenters. The van der Waals surface area contributed by atoms with Gasteiger partial charge in [0.05, 0.1) is 0 Å². The van der Waals surface area contributed by atoms with E-state index >= 15 is 0 Å². The van der Waals surface area contributed by atoms with Crippen molar-refractivity contribution in [3.05, 3.63) is 0 Å². The quantitative estimate of drug-likeness (QED) is 0.262. The first kappa shape index (κ1) is 16.9. The van der Waals surface area contributed by atoms with Gasteiger partial charge < -0.3 is 22.1 Å². The summed E-state index contributed by atoms with van der Waals surface area (Å²) >= 11 is 12.6. The van der Waals surface area contributed by atoms with Gasteiger partial charge in [0, 0.05) is 55.0 Å². The summed E-state index contributed by atoms with van der Waals surface area (Å²) in [7, 11) is 0. The minimum absolute atomic E-state index is 0.0842. The van der Waals surface area contributed by atoms with E-state index in [1.807, 2.05) is 0 Å². The molecule has 0 saturated heterocycles. The third-order valence-electron chi connectivity index (χ3n) is 2.28. The zero-order valence-corrected chi connectivity index (χ0v) is 12.2. The van der Waals surface area contributed by atoms with Gasteiger partial charge in [0.15, 0.2) is 0 Å². The van der Waals surface area contributed by atoms with Crippen LogP contribution in [0.15, 0.2) is 0 Å². The summed E-state index contributed by atoms with van der Waals surface area (Å²) in [4.78, 5) is 0. The monoisotopic (exact) mass is 284 g/mol. The topological polar surface area (TPSA) is 76.1 Å². The number of nitrogens with one attached hydrogen (secondary N) is 2. The Balaban J connectivity index is 3.73.